The second-order valence-corrected chi connectivity index (χ2v) is 5.22. The van der Waals surface area contributed by atoms with Crippen molar-refractivity contribution in [3.8, 4) is 0 Å². The molecular formula is C12H17NO2S. The number of ether oxygens (including phenoxy) is 1. The molecule has 0 spiro atoms. The molecule has 0 saturated heterocycles. The number of carbonyl (C=O) groups excluding carboxylic acids is 1. The molecule has 88 valence electrons. The van der Waals surface area contributed by atoms with Crippen LogP contribution in [0.4, 0.5) is 0 Å². The van der Waals surface area contributed by atoms with E-state index in [1.54, 1.807) is 11.3 Å². The third-order valence-corrected chi connectivity index (χ3v) is 3.80. The zero-order chi connectivity index (χ0) is 11.4. The number of carbonyl (C=O) groups is 1. The van der Waals surface area contributed by atoms with E-state index in [1.165, 1.54) is 24.8 Å². The first-order chi connectivity index (χ1) is 7.79. The summed E-state index contributed by atoms with van der Waals surface area (Å²) in [5.41, 5.74) is 0. The zero-order valence-electron chi connectivity index (χ0n) is 9.44. The molecule has 1 aliphatic carbocycles. The van der Waals surface area contributed by atoms with Gasteiger partial charge in [-0.3, -0.25) is 4.79 Å². The molecule has 1 heterocycles. The van der Waals surface area contributed by atoms with Crippen LogP contribution in [0.3, 0.4) is 0 Å². The Hall–Kier alpha value is -0.870. The number of nitrogens with one attached hydrogen (secondary N) is 1. The molecule has 16 heavy (non-hydrogen) atoms. The van der Waals surface area contributed by atoms with E-state index in [0.29, 0.717) is 12.3 Å². The summed E-state index contributed by atoms with van der Waals surface area (Å²) in [7, 11) is 1.45. The Morgan fingerprint density at radius 3 is 3.06 bits per heavy atom. The summed E-state index contributed by atoms with van der Waals surface area (Å²) in [4.78, 5) is 12.6. The van der Waals surface area contributed by atoms with E-state index in [9.17, 15) is 4.79 Å². The SMILES string of the molecule is COC(=O)CC(NCc1cccs1)C1CC1. The van der Waals surface area contributed by atoms with Gasteiger partial charge in [-0.05, 0) is 30.2 Å². The third kappa shape index (κ3) is 3.32. The Morgan fingerprint density at radius 1 is 1.69 bits per heavy atom. The van der Waals surface area contributed by atoms with Crippen molar-refractivity contribution in [2.24, 2.45) is 5.92 Å². The van der Waals surface area contributed by atoms with Gasteiger partial charge < -0.3 is 10.1 Å². The van der Waals surface area contributed by atoms with Gasteiger partial charge in [0.1, 0.15) is 0 Å². The Kier molecular flexibility index (Phi) is 3.96. The lowest BCUT2D eigenvalue weighted by Crippen LogP contribution is -2.33. The van der Waals surface area contributed by atoms with Gasteiger partial charge in [-0.25, -0.2) is 0 Å². The lowest BCUT2D eigenvalue weighted by molar-refractivity contribution is -0.141. The van der Waals surface area contributed by atoms with Gasteiger partial charge in [0, 0.05) is 17.5 Å². The van der Waals surface area contributed by atoms with Crippen molar-refractivity contribution in [2.45, 2.75) is 31.8 Å². The molecule has 1 aromatic rings. The van der Waals surface area contributed by atoms with Crippen molar-refractivity contribution in [1.82, 2.24) is 5.32 Å². The normalized spacial score (nSPS) is 17.1. The molecule has 0 amide bonds. The average Bonchev–Trinajstić information content (AvgIpc) is 3.01. The van der Waals surface area contributed by atoms with E-state index in [0.717, 1.165) is 6.54 Å². The van der Waals surface area contributed by atoms with Gasteiger partial charge in [0.2, 0.25) is 0 Å². The molecule has 0 bridgehead atoms. The second-order valence-electron chi connectivity index (χ2n) is 4.18. The van der Waals surface area contributed by atoms with Crippen molar-refractivity contribution in [1.29, 1.82) is 0 Å². The van der Waals surface area contributed by atoms with Gasteiger partial charge in [0.25, 0.3) is 0 Å². The number of methoxy groups -OCH3 is 1. The van der Waals surface area contributed by atoms with Crippen LogP contribution in [-0.2, 0) is 16.1 Å². The van der Waals surface area contributed by atoms with Gasteiger partial charge in [0.05, 0.1) is 13.5 Å². The number of esters is 1. The standard InChI is InChI=1S/C12H17NO2S/c1-15-12(14)7-11(9-4-5-9)13-8-10-3-2-6-16-10/h2-3,6,9,11,13H,4-5,7-8H2,1H3. The first-order valence-electron chi connectivity index (χ1n) is 5.62. The van der Waals surface area contributed by atoms with Crippen molar-refractivity contribution >= 4 is 17.3 Å². The van der Waals surface area contributed by atoms with Crippen LogP contribution in [0.15, 0.2) is 17.5 Å². The fraction of sp³-hybridized carbons (Fsp3) is 0.583. The molecule has 1 N–H and O–H groups in total. The van der Waals surface area contributed by atoms with Gasteiger partial charge in [-0.2, -0.15) is 0 Å². The smallest absolute Gasteiger partial charge is 0.307 e. The minimum absolute atomic E-state index is 0.115. The fourth-order valence-corrected chi connectivity index (χ4v) is 2.47. The van der Waals surface area contributed by atoms with E-state index in [-0.39, 0.29) is 12.0 Å². The Morgan fingerprint density at radius 2 is 2.50 bits per heavy atom. The predicted molar refractivity (Wildman–Crippen MR) is 64.3 cm³/mol. The summed E-state index contributed by atoms with van der Waals surface area (Å²) < 4.78 is 4.72. The van der Waals surface area contributed by atoms with Gasteiger partial charge in [-0.15, -0.1) is 11.3 Å². The molecule has 0 radical (unpaired) electrons. The Bertz CT molecular complexity index is 333. The van der Waals surface area contributed by atoms with Crippen molar-refractivity contribution in [3.63, 3.8) is 0 Å². The molecule has 4 heteroatoms. The summed E-state index contributed by atoms with van der Waals surface area (Å²) in [5.74, 6) is 0.551. The minimum Gasteiger partial charge on any atom is -0.469 e. The van der Waals surface area contributed by atoms with Crippen LogP contribution in [0.25, 0.3) is 0 Å². The molecule has 1 atom stereocenters. The summed E-state index contributed by atoms with van der Waals surface area (Å²) in [6, 6.07) is 4.45. The molecule has 1 saturated carbocycles. The second kappa shape index (κ2) is 5.46. The number of hydrogen-bond donors (Lipinski definition) is 1. The molecule has 1 fully saturated rings. The lowest BCUT2D eigenvalue weighted by atomic mass is 10.1. The van der Waals surface area contributed by atoms with Crippen LogP contribution >= 0.6 is 11.3 Å². The summed E-state index contributed by atoms with van der Waals surface area (Å²) in [6.07, 6.45) is 2.96. The maximum Gasteiger partial charge on any atom is 0.307 e. The topological polar surface area (TPSA) is 38.3 Å². The number of hydrogen-bond acceptors (Lipinski definition) is 4. The third-order valence-electron chi connectivity index (χ3n) is 2.92. The van der Waals surface area contributed by atoms with E-state index in [1.807, 2.05) is 6.07 Å². The molecule has 0 aliphatic heterocycles. The first kappa shape index (κ1) is 11.6. The van der Waals surface area contributed by atoms with Crippen molar-refractivity contribution < 1.29 is 9.53 Å². The molecule has 0 aromatic carbocycles. The minimum atomic E-state index is -0.115. The number of thiophene rings is 1. The van der Waals surface area contributed by atoms with E-state index >= 15 is 0 Å². The molecule has 2 rings (SSSR count). The zero-order valence-corrected chi connectivity index (χ0v) is 10.3. The monoisotopic (exact) mass is 239 g/mol. The van der Waals surface area contributed by atoms with Gasteiger partial charge in [-0.1, -0.05) is 6.07 Å². The van der Waals surface area contributed by atoms with Crippen LogP contribution in [0.2, 0.25) is 0 Å². The lowest BCUT2D eigenvalue weighted by Gasteiger charge is -2.16. The molecular weight excluding hydrogens is 222 g/mol. The fourth-order valence-electron chi connectivity index (χ4n) is 1.81. The van der Waals surface area contributed by atoms with Crippen molar-refractivity contribution in [3.05, 3.63) is 22.4 Å². The van der Waals surface area contributed by atoms with Gasteiger partial charge >= 0.3 is 5.97 Å². The summed E-state index contributed by atoms with van der Waals surface area (Å²) in [6.45, 7) is 0.857. The molecule has 1 unspecified atom stereocenters. The largest absolute Gasteiger partial charge is 0.469 e. The van der Waals surface area contributed by atoms with Gasteiger partial charge in [0.15, 0.2) is 0 Å². The van der Waals surface area contributed by atoms with Crippen LogP contribution in [0.1, 0.15) is 24.1 Å². The maximum absolute atomic E-state index is 11.3. The van der Waals surface area contributed by atoms with E-state index < -0.39 is 0 Å². The van der Waals surface area contributed by atoms with Crippen LogP contribution in [-0.4, -0.2) is 19.1 Å². The van der Waals surface area contributed by atoms with Crippen molar-refractivity contribution in [2.75, 3.05) is 7.11 Å². The quantitative estimate of drug-likeness (QED) is 0.773. The molecule has 3 nitrogen and oxygen atoms in total. The first-order valence-corrected chi connectivity index (χ1v) is 6.50. The van der Waals surface area contributed by atoms with Crippen LogP contribution in [0, 0.1) is 5.92 Å². The highest BCUT2D eigenvalue weighted by atomic mass is 32.1. The van der Waals surface area contributed by atoms with E-state index in [4.69, 9.17) is 4.74 Å². The Labute approximate surface area is 99.8 Å². The highest BCUT2D eigenvalue weighted by Gasteiger charge is 2.32. The average molecular weight is 239 g/mol. The molecule has 1 aliphatic rings. The van der Waals surface area contributed by atoms with E-state index in [2.05, 4.69) is 16.8 Å². The highest BCUT2D eigenvalue weighted by molar-refractivity contribution is 7.09. The predicted octanol–water partition coefficient (Wildman–Crippen LogP) is 2.18. The Balaban J connectivity index is 1.81. The highest BCUT2D eigenvalue weighted by Crippen LogP contribution is 2.34. The van der Waals surface area contributed by atoms with Crippen LogP contribution < -0.4 is 5.32 Å². The summed E-state index contributed by atoms with van der Waals surface area (Å²) in [5, 5.41) is 5.53. The van der Waals surface area contributed by atoms with Crippen LogP contribution in [0.5, 0.6) is 0 Å². The maximum atomic E-state index is 11.3. The molecule has 1 aromatic heterocycles. The number of rotatable bonds is 6. The summed E-state index contributed by atoms with van der Waals surface area (Å²) >= 11 is 1.74.